The second-order valence-electron chi connectivity index (χ2n) is 4.82. The molecule has 86 valence electrons. The zero-order valence-corrected chi connectivity index (χ0v) is 10.8. The maximum Gasteiger partial charge on any atom is 0.0621 e. The van der Waals surface area contributed by atoms with Gasteiger partial charge in [-0.05, 0) is 32.4 Å². The first-order valence-electron chi connectivity index (χ1n) is 5.87. The minimum Gasteiger partial charge on any atom is -0.302 e. The maximum atomic E-state index is 8.45. The molecule has 0 atom stereocenters. The van der Waals surface area contributed by atoms with E-state index in [-0.39, 0.29) is 0 Å². The Balaban J connectivity index is 2.18. The highest BCUT2D eigenvalue weighted by molar-refractivity contribution is 8.00. The van der Waals surface area contributed by atoms with Gasteiger partial charge in [0, 0.05) is 23.5 Å². The van der Waals surface area contributed by atoms with E-state index in [1.54, 1.807) is 0 Å². The Morgan fingerprint density at radius 3 is 2.87 bits per heavy atom. The van der Waals surface area contributed by atoms with Crippen molar-refractivity contribution in [1.82, 2.24) is 4.90 Å². The van der Waals surface area contributed by atoms with Crippen LogP contribution in [0.5, 0.6) is 0 Å². The van der Waals surface area contributed by atoms with Crippen molar-refractivity contribution in [2.24, 2.45) is 0 Å². The van der Waals surface area contributed by atoms with E-state index in [0.717, 1.165) is 6.42 Å². The molecule has 0 radical (unpaired) electrons. The molecule has 0 spiro atoms. The van der Waals surface area contributed by atoms with Crippen molar-refractivity contribution in [2.75, 3.05) is 25.4 Å². The molecule has 0 aromatic carbocycles. The zero-order valence-electron chi connectivity index (χ0n) is 9.96. The third-order valence-electron chi connectivity index (χ3n) is 2.94. The van der Waals surface area contributed by atoms with Gasteiger partial charge in [-0.15, -0.1) is 0 Å². The van der Waals surface area contributed by atoms with E-state index >= 15 is 0 Å². The van der Waals surface area contributed by atoms with Crippen molar-refractivity contribution < 1.29 is 0 Å². The van der Waals surface area contributed by atoms with Crippen molar-refractivity contribution in [3.05, 3.63) is 0 Å². The highest BCUT2D eigenvalue weighted by atomic mass is 32.2. The minimum absolute atomic E-state index is 0.460. The van der Waals surface area contributed by atoms with Gasteiger partial charge >= 0.3 is 0 Å². The monoisotopic (exact) mass is 226 g/mol. The molecule has 1 saturated heterocycles. The largest absolute Gasteiger partial charge is 0.302 e. The summed E-state index contributed by atoms with van der Waals surface area (Å²) in [4.78, 5) is 2.55. The molecule has 1 rings (SSSR count). The summed E-state index contributed by atoms with van der Waals surface area (Å²) in [6.07, 6.45) is 4.24. The van der Waals surface area contributed by atoms with Gasteiger partial charge in [0.15, 0.2) is 0 Å². The Hall–Kier alpha value is -0.200. The molecule has 15 heavy (non-hydrogen) atoms. The molecule has 0 unspecified atom stereocenters. The third-order valence-corrected chi connectivity index (χ3v) is 4.32. The van der Waals surface area contributed by atoms with Crippen molar-refractivity contribution in [3.63, 3.8) is 0 Å². The summed E-state index contributed by atoms with van der Waals surface area (Å²) >= 11 is 2.09. The van der Waals surface area contributed by atoms with Gasteiger partial charge in [0.25, 0.3) is 0 Å². The average Bonchev–Trinajstić information content (AvgIpc) is 2.35. The number of nitriles is 1. The smallest absolute Gasteiger partial charge is 0.0621 e. The van der Waals surface area contributed by atoms with Gasteiger partial charge in [0.1, 0.15) is 0 Å². The third kappa shape index (κ3) is 5.44. The fraction of sp³-hybridized carbons (Fsp3) is 0.917. The Kier molecular flexibility index (Phi) is 5.49. The lowest BCUT2D eigenvalue weighted by Crippen LogP contribution is -2.28. The highest BCUT2D eigenvalue weighted by Crippen LogP contribution is 2.30. The number of unbranched alkanes of at least 4 members (excludes halogenated alkanes) is 2. The van der Waals surface area contributed by atoms with Crippen LogP contribution in [0.3, 0.4) is 0 Å². The SMILES string of the molecule is CC1(C)CCN(CCCCC#N)CCS1. The van der Waals surface area contributed by atoms with Crippen LogP contribution in [0.2, 0.25) is 0 Å². The van der Waals surface area contributed by atoms with Gasteiger partial charge in [-0.3, -0.25) is 0 Å². The van der Waals surface area contributed by atoms with Gasteiger partial charge in [-0.25, -0.2) is 0 Å². The van der Waals surface area contributed by atoms with Crippen molar-refractivity contribution in [2.45, 2.75) is 44.3 Å². The Labute approximate surface area is 98.0 Å². The van der Waals surface area contributed by atoms with Crippen LogP contribution in [-0.4, -0.2) is 35.0 Å². The van der Waals surface area contributed by atoms with Gasteiger partial charge in [0.2, 0.25) is 0 Å². The summed E-state index contributed by atoms with van der Waals surface area (Å²) < 4.78 is 0.460. The van der Waals surface area contributed by atoms with Crippen LogP contribution in [0.4, 0.5) is 0 Å². The molecule has 3 heteroatoms. The summed E-state index contributed by atoms with van der Waals surface area (Å²) in [5.74, 6) is 1.26. The molecule has 0 aliphatic carbocycles. The van der Waals surface area contributed by atoms with Gasteiger partial charge < -0.3 is 4.90 Å². The molecule has 0 amide bonds. The number of hydrogen-bond donors (Lipinski definition) is 0. The number of hydrogen-bond acceptors (Lipinski definition) is 3. The second-order valence-corrected chi connectivity index (χ2v) is 6.62. The molecule has 1 heterocycles. The highest BCUT2D eigenvalue weighted by Gasteiger charge is 2.22. The van der Waals surface area contributed by atoms with Crippen molar-refractivity contribution >= 4 is 11.8 Å². The van der Waals surface area contributed by atoms with Crippen molar-refractivity contribution in [1.29, 1.82) is 5.26 Å². The first-order valence-corrected chi connectivity index (χ1v) is 6.86. The Bertz CT molecular complexity index is 220. The summed E-state index contributed by atoms with van der Waals surface area (Å²) in [6, 6.07) is 2.21. The molecule has 1 fully saturated rings. The standard InChI is InChI=1S/C12H22N2S/c1-12(2)6-9-14(10-11-15-12)8-5-3-4-7-13/h3-6,8-11H2,1-2H3. The number of thioether (sulfide) groups is 1. The molecule has 2 nitrogen and oxygen atoms in total. The lowest BCUT2D eigenvalue weighted by atomic mass is 10.1. The molecule has 0 saturated carbocycles. The fourth-order valence-electron chi connectivity index (χ4n) is 1.83. The van der Waals surface area contributed by atoms with Crippen LogP contribution in [0.25, 0.3) is 0 Å². The average molecular weight is 226 g/mol. The molecule has 0 aromatic heterocycles. The molecular weight excluding hydrogens is 204 g/mol. The van der Waals surface area contributed by atoms with Crippen molar-refractivity contribution in [3.8, 4) is 6.07 Å². The van der Waals surface area contributed by atoms with E-state index in [0.29, 0.717) is 11.2 Å². The zero-order chi connectivity index (χ0) is 11.1. The van der Waals surface area contributed by atoms with E-state index in [9.17, 15) is 0 Å². The Morgan fingerprint density at radius 2 is 2.13 bits per heavy atom. The minimum atomic E-state index is 0.460. The molecule has 1 aliphatic heterocycles. The Morgan fingerprint density at radius 1 is 1.33 bits per heavy atom. The molecule has 0 aromatic rings. The summed E-state index contributed by atoms with van der Waals surface area (Å²) in [5.41, 5.74) is 0. The van der Waals surface area contributed by atoms with Gasteiger partial charge in [-0.2, -0.15) is 17.0 Å². The maximum absolute atomic E-state index is 8.45. The number of nitrogens with zero attached hydrogens (tertiary/aromatic N) is 2. The van der Waals surface area contributed by atoms with E-state index in [4.69, 9.17) is 5.26 Å². The quantitative estimate of drug-likeness (QED) is 0.690. The predicted molar refractivity (Wildman–Crippen MR) is 67.1 cm³/mol. The first kappa shape index (κ1) is 12.9. The first-order chi connectivity index (χ1) is 7.14. The van der Waals surface area contributed by atoms with Gasteiger partial charge in [-0.1, -0.05) is 13.8 Å². The molecule has 0 N–H and O–H groups in total. The second kappa shape index (κ2) is 6.40. The molecule has 1 aliphatic rings. The lowest BCUT2D eigenvalue weighted by Gasteiger charge is -2.22. The van der Waals surface area contributed by atoms with Crippen LogP contribution in [0.15, 0.2) is 0 Å². The van der Waals surface area contributed by atoms with Crippen LogP contribution >= 0.6 is 11.8 Å². The van der Waals surface area contributed by atoms with E-state index in [1.165, 1.54) is 38.2 Å². The lowest BCUT2D eigenvalue weighted by molar-refractivity contribution is 0.279. The topological polar surface area (TPSA) is 27.0 Å². The van der Waals surface area contributed by atoms with E-state index in [2.05, 4.69) is 36.6 Å². The normalized spacial score (nSPS) is 21.9. The fourth-order valence-corrected chi connectivity index (χ4v) is 2.96. The predicted octanol–water partition coefficient (Wildman–Crippen LogP) is 2.90. The molecule has 0 bridgehead atoms. The van der Waals surface area contributed by atoms with Crippen LogP contribution in [0, 0.1) is 11.3 Å². The number of rotatable bonds is 4. The molecular formula is C12H22N2S. The summed E-state index contributed by atoms with van der Waals surface area (Å²) in [5, 5.41) is 8.45. The van der Waals surface area contributed by atoms with E-state index in [1.807, 2.05) is 0 Å². The summed E-state index contributed by atoms with van der Waals surface area (Å²) in [7, 11) is 0. The summed E-state index contributed by atoms with van der Waals surface area (Å²) in [6.45, 7) is 8.32. The van der Waals surface area contributed by atoms with E-state index < -0.39 is 0 Å². The van der Waals surface area contributed by atoms with Crippen LogP contribution < -0.4 is 0 Å². The van der Waals surface area contributed by atoms with Crippen LogP contribution in [-0.2, 0) is 0 Å². The van der Waals surface area contributed by atoms with Crippen LogP contribution in [0.1, 0.15) is 39.5 Å². The van der Waals surface area contributed by atoms with Gasteiger partial charge in [0.05, 0.1) is 6.07 Å².